The Morgan fingerprint density at radius 2 is 1.70 bits per heavy atom. The van der Waals surface area contributed by atoms with Crippen molar-refractivity contribution in [3.05, 3.63) is 79.5 Å². The highest BCUT2D eigenvalue weighted by Gasteiger charge is 2.22. The minimum Gasteiger partial charge on any atom is -0.375 e. The van der Waals surface area contributed by atoms with Gasteiger partial charge in [0.15, 0.2) is 0 Å². The van der Waals surface area contributed by atoms with Gasteiger partial charge in [-0.05, 0) is 54.8 Å². The molecule has 2 aromatic heterocycles. The number of pyridine rings is 2. The van der Waals surface area contributed by atoms with Crippen LogP contribution in [0.25, 0.3) is 33.4 Å². The van der Waals surface area contributed by atoms with Crippen molar-refractivity contribution in [2.24, 2.45) is 5.92 Å². The van der Waals surface area contributed by atoms with E-state index in [4.69, 9.17) is 44.5 Å². The van der Waals surface area contributed by atoms with Gasteiger partial charge in [-0.15, -0.1) is 0 Å². The summed E-state index contributed by atoms with van der Waals surface area (Å²) in [6, 6.07) is 14.5. The van der Waals surface area contributed by atoms with Gasteiger partial charge in [-0.1, -0.05) is 60.8 Å². The molecule has 0 saturated heterocycles. The first-order chi connectivity index (χ1) is 17.6. The van der Waals surface area contributed by atoms with Crippen molar-refractivity contribution in [1.29, 1.82) is 0 Å². The topological polar surface area (TPSA) is 73.2 Å². The van der Waals surface area contributed by atoms with Crippen molar-refractivity contribution in [3.63, 3.8) is 0 Å². The second kappa shape index (κ2) is 11.2. The summed E-state index contributed by atoms with van der Waals surface area (Å²) in [5.74, 6) is -0.194. The van der Waals surface area contributed by atoms with Gasteiger partial charge in [0, 0.05) is 45.8 Å². The number of ether oxygens (including phenoxy) is 1. The first kappa shape index (κ1) is 27.1. The lowest BCUT2D eigenvalue weighted by Crippen LogP contribution is -2.28. The molecule has 0 radical (unpaired) electrons. The van der Waals surface area contributed by atoms with E-state index in [-0.39, 0.29) is 24.0 Å². The molecule has 2 aromatic carbocycles. The summed E-state index contributed by atoms with van der Waals surface area (Å²) in [5, 5.41) is 5.00. The van der Waals surface area contributed by atoms with Crippen LogP contribution >= 0.6 is 34.8 Å². The van der Waals surface area contributed by atoms with Crippen molar-refractivity contribution in [2.45, 2.75) is 27.3 Å². The van der Waals surface area contributed by atoms with Gasteiger partial charge in [-0.2, -0.15) is 0 Å². The van der Waals surface area contributed by atoms with Gasteiger partial charge < -0.3 is 10.1 Å². The highest BCUT2D eigenvalue weighted by atomic mass is 35.5. The molecule has 0 saturated carbocycles. The number of fused-ring (bicyclic) bond motifs is 1. The third-order valence-corrected chi connectivity index (χ3v) is 6.70. The van der Waals surface area contributed by atoms with E-state index in [0.29, 0.717) is 55.2 Å². The van der Waals surface area contributed by atoms with Gasteiger partial charge in [-0.3, -0.25) is 14.2 Å². The summed E-state index contributed by atoms with van der Waals surface area (Å²) in [4.78, 5) is 31.1. The second-order valence-electron chi connectivity index (χ2n) is 9.18. The largest absolute Gasteiger partial charge is 0.375 e. The molecule has 0 bridgehead atoms. The molecule has 6 nitrogen and oxygen atoms in total. The van der Waals surface area contributed by atoms with Crippen LogP contribution < -0.4 is 10.9 Å². The normalized spacial score (nSPS) is 11.4. The van der Waals surface area contributed by atoms with Crippen molar-refractivity contribution in [3.8, 4) is 22.4 Å². The minimum absolute atomic E-state index is 0.147. The summed E-state index contributed by atoms with van der Waals surface area (Å²) in [6.45, 7) is 6.06. The number of amides is 1. The van der Waals surface area contributed by atoms with Crippen LogP contribution in [0.3, 0.4) is 0 Å². The summed E-state index contributed by atoms with van der Waals surface area (Å²) < 4.78 is 6.64. The van der Waals surface area contributed by atoms with E-state index in [1.54, 1.807) is 41.8 Å². The van der Waals surface area contributed by atoms with Crippen LogP contribution in [0.5, 0.6) is 0 Å². The number of aromatic nitrogens is 2. The maximum Gasteiger partial charge on any atom is 0.257 e. The van der Waals surface area contributed by atoms with Gasteiger partial charge in [0.05, 0.1) is 16.4 Å². The number of benzene rings is 2. The Balaban J connectivity index is 2.14. The Morgan fingerprint density at radius 1 is 1.03 bits per heavy atom. The molecule has 192 valence electrons. The maximum absolute atomic E-state index is 13.5. The molecule has 0 aliphatic carbocycles. The predicted octanol–water partition coefficient (Wildman–Crippen LogP) is 7.24. The number of halogens is 3. The van der Waals surface area contributed by atoms with E-state index in [0.717, 1.165) is 11.1 Å². The molecule has 1 N–H and O–H groups in total. The SMILES string of the molecule is COCC(=O)Nc1c(C)c(=O)n(CC(C)C)c2nc(-c3ccc(Cl)cc3Cl)c(-c3ccc(Cl)cc3)cc12. The molecule has 2 heterocycles. The molecular weight excluding hydrogens is 533 g/mol. The number of hydrogen-bond acceptors (Lipinski definition) is 4. The van der Waals surface area contributed by atoms with Gasteiger partial charge in [-0.25, -0.2) is 4.98 Å². The molecular formula is C28H26Cl3N3O3. The van der Waals surface area contributed by atoms with Gasteiger partial charge >= 0.3 is 0 Å². The van der Waals surface area contributed by atoms with Crippen LogP contribution in [-0.2, 0) is 16.1 Å². The highest BCUT2D eigenvalue weighted by Crippen LogP contribution is 2.39. The minimum atomic E-state index is -0.370. The molecule has 9 heteroatoms. The zero-order valence-corrected chi connectivity index (χ0v) is 23.1. The fourth-order valence-corrected chi connectivity index (χ4v) is 4.86. The number of nitrogens with zero attached hydrogens (tertiary/aromatic N) is 2. The molecule has 4 rings (SSSR count). The number of methoxy groups -OCH3 is 1. The Kier molecular flexibility index (Phi) is 8.24. The zero-order chi connectivity index (χ0) is 26.9. The van der Waals surface area contributed by atoms with Crippen molar-refractivity contribution >= 4 is 57.4 Å². The third-order valence-electron chi connectivity index (χ3n) is 5.90. The van der Waals surface area contributed by atoms with Crippen LogP contribution in [0, 0.1) is 12.8 Å². The van der Waals surface area contributed by atoms with Gasteiger partial charge in [0.25, 0.3) is 5.56 Å². The monoisotopic (exact) mass is 557 g/mol. The average Bonchev–Trinajstić information content (AvgIpc) is 2.84. The number of carbonyl (C=O) groups is 1. The first-order valence-corrected chi connectivity index (χ1v) is 12.8. The molecule has 1 amide bonds. The van der Waals surface area contributed by atoms with Crippen molar-refractivity contribution in [1.82, 2.24) is 9.55 Å². The van der Waals surface area contributed by atoms with Crippen LogP contribution in [0.4, 0.5) is 5.69 Å². The van der Waals surface area contributed by atoms with E-state index in [2.05, 4.69) is 5.32 Å². The Hall–Kier alpha value is -2.90. The maximum atomic E-state index is 13.5. The Morgan fingerprint density at radius 3 is 2.32 bits per heavy atom. The molecule has 0 atom stereocenters. The predicted molar refractivity (Wildman–Crippen MR) is 152 cm³/mol. The van der Waals surface area contributed by atoms with E-state index in [1.807, 2.05) is 32.0 Å². The number of carbonyl (C=O) groups excluding carboxylic acids is 1. The first-order valence-electron chi connectivity index (χ1n) is 11.7. The zero-order valence-electron chi connectivity index (χ0n) is 20.9. The molecule has 4 aromatic rings. The summed E-state index contributed by atoms with van der Waals surface area (Å²) >= 11 is 19.0. The van der Waals surface area contributed by atoms with E-state index in [1.165, 1.54) is 7.11 Å². The van der Waals surface area contributed by atoms with Crippen LogP contribution in [-0.4, -0.2) is 29.2 Å². The molecule has 0 fully saturated rings. The quantitative estimate of drug-likeness (QED) is 0.259. The van der Waals surface area contributed by atoms with Crippen molar-refractivity contribution < 1.29 is 9.53 Å². The van der Waals surface area contributed by atoms with E-state index >= 15 is 0 Å². The highest BCUT2D eigenvalue weighted by molar-refractivity contribution is 6.36. The number of nitrogens with one attached hydrogen (secondary N) is 1. The fraction of sp³-hybridized carbons (Fsp3) is 0.250. The average molecular weight is 559 g/mol. The van der Waals surface area contributed by atoms with Gasteiger partial charge in [0.1, 0.15) is 12.3 Å². The Labute approximate surface area is 230 Å². The molecule has 0 unspecified atom stereocenters. The second-order valence-corrected chi connectivity index (χ2v) is 10.5. The molecule has 0 aliphatic heterocycles. The van der Waals surface area contributed by atoms with E-state index in [9.17, 15) is 9.59 Å². The lowest BCUT2D eigenvalue weighted by molar-refractivity contribution is -0.119. The Bertz CT molecular complexity index is 1550. The van der Waals surface area contributed by atoms with Crippen LogP contribution in [0.15, 0.2) is 53.3 Å². The van der Waals surface area contributed by atoms with Crippen molar-refractivity contribution in [2.75, 3.05) is 19.0 Å². The van der Waals surface area contributed by atoms with E-state index < -0.39 is 0 Å². The smallest absolute Gasteiger partial charge is 0.257 e. The summed E-state index contributed by atoms with van der Waals surface area (Å²) in [7, 11) is 1.44. The lowest BCUT2D eigenvalue weighted by Gasteiger charge is -2.20. The summed E-state index contributed by atoms with van der Waals surface area (Å²) in [5.41, 5.74) is 3.86. The summed E-state index contributed by atoms with van der Waals surface area (Å²) in [6.07, 6.45) is 0. The number of rotatable bonds is 7. The standard InChI is InChI=1S/C28H26Cl3N3O3/c1-15(2)13-34-27-22(25(16(3)28(34)36)32-24(35)14-37-4)12-21(17-5-7-18(29)8-6-17)26(33-27)20-10-9-19(30)11-23(20)31/h5-12,15H,13-14H2,1-4H3,(H,32,35). The molecule has 0 aliphatic rings. The van der Waals surface area contributed by atoms with Crippen LogP contribution in [0.2, 0.25) is 15.1 Å². The number of hydrogen-bond donors (Lipinski definition) is 1. The van der Waals surface area contributed by atoms with Gasteiger partial charge in [0.2, 0.25) is 5.91 Å². The molecule has 37 heavy (non-hydrogen) atoms. The molecule has 0 spiro atoms. The lowest BCUT2D eigenvalue weighted by atomic mass is 9.97. The third kappa shape index (κ3) is 5.68. The number of anilines is 1. The van der Waals surface area contributed by atoms with Crippen LogP contribution in [0.1, 0.15) is 19.4 Å². The fourth-order valence-electron chi connectivity index (χ4n) is 4.24.